The minimum Gasteiger partial charge on any atom is -0.495 e. The lowest BCUT2D eigenvalue weighted by molar-refractivity contribution is 0.343. The van der Waals surface area contributed by atoms with Gasteiger partial charge < -0.3 is 4.74 Å². The molecule has 7 nitrogen and oxygen atoms in total. The van der Waals surface area contributed by atoms with Crippen LogP contribution in [0.1, 0.15) is 50.2 Å². The van der Waals surface area contributed by atoms with Crippen molar-refractivity contribution < 1.29 is 13.2 Å². The predicted molar refractivity (Wildman–Crippen MR) is 115 cm³/mol. The molecule has 1 fully saturated rings. The van der Waals surface area contributed by atoms with Crippen LogP contribution in [0.4, 0.5) is 0 Å². The first-order valence-corrected chi connectivity index (χ1v) is 12.2. The summed E-state index contributed by atoms with van der Waals surface area (Å²) in [7, 11) is -2.18. The Kier molecular flexibility index (Phi) is 5.97. The number of benzene rings is 1. The number of aryl methyl sites for hydroxylation is 1. The normalized spacial score (nSPS) is 17.5. The quantitative estimate of drug-likeness (QED) is 0.727. The lowest BCUT2D eigenvalue weighted by atomic mass is 9.90. The maximum Gasteiger partial charge on any atom is 0.270 e. The molecule has 0 atom stereocenters. The number of piperidine rings is 1. The molecule has 2 heterocycles. The molecule has 0 saturated carbocycles. The molecule has 0 unspecified atom stereocenters. The number of ether oxygens (including phenoxy) is 1. The van der Waals surface area contributed by atoms with Crippen molar-refractivity contribution in [1.82, 2.24) is 14.1 Å². The molecule has 2 aliphatic rings. The van der Waals surface area contributed by atoms with Gasteiger partial charge in [-0.3, -0.25) is 4.79 Å². The molecule has 0 amide bonds. The van der Waals surface area contributed by atoms with Gasteiger partial charge in [0, 0.05) is 30.8 Å². The molecule has 0 spiro atoms. The highest BCUT2D eigenvalue weighted by atomic mass is 32.2. The number of hydrogen-bond acceptors (Lipinski definition) is 5. The fourth-order valence-corrected chi connectivity index (χ4v) is 6.20. The lowest BCUT2D eigenvalue weighted by Gasteiger charge is -2.27. The van der Waals surface area contributed by atoms with Gasteiger partial charge in [0.15, 0.2) is 0 Å². The van der Waals surface area contributed by atoms with E-state index in [2.05, 4.69) is 5.10 Å². The van der Waals surface area contributed by atoms with Gasteiger partial charge >= 0.3 is 0 Å². The molecular weight excluding hydrogens is 402 g/mol. The molecule has 1 aromatic carbocycles. The maximum atomic E-state index is 13.4. The van der Waals surface area contributed by atoms with Gasteiger partial charge in [-0.15, -0.1) is 0 Å². The van der Waals surface area contributed by atoms with Crippen molar-refractivity contribution >= 4 is 10.0 Å². The third kappa shape index (κ3) is 3.67. The standard InChI is InChI=1S/C22H29N3O4S/c1-3-25-22(26)18-10-6-5-9-17(18)21(23-25)16-11-12-19(29-2)20(15-16)30(27,28)24-13-7-4-8-14-24/h11-12,15H,3-10,13-14H2,1-2H3. The molecule has 30 heavy (non-hydrogen) atoms. The van der Waals surface area contributed by atoms with Crippen molar-refractivity contribution in [3.8, 4) is 17.0 Å². The predicted octanol–water partition coefficient (Wildman–Crippen LogP) is 2.99. The molecule has 1 aliphatic heterocycles. The Balaban J connectivity index is 1.88. The van der Waals surface area contributed by atoms with Crippen molar-refractivity contribution in [3.63, 3.8) is 0 Å². The Morgan fingerprint density at radius 2 is 1.73 bits per heavy atom. The molecule has 162 valence electrons. The van der Waals surface area contributed by atoms with Gasteiger partial charge in [0.1, 0.15) is 10.6 Å². The zero-order valence-corrected chi connectivity index (χ0v) is 18.5. The van der Waals surface area contributed by atoms with Crippen LogP contribution in [-0.2, 0) is 29.4 Å². The van der Waals surface area contributed by atoms with E-state index in [-0.39, 0.29) is 10.5 Å². The first-order valence-electron chi connectivity index (χ1n) is 10.8. The lowest BCUT2D eigenvalue weighted by Crippen LogP contribution is -2.35. The van der Waals surface area contributed by atoms with E-state index in [0.717, 1.165) is 56.1 Å². The van der Waals surface area contributed by atoms with Crippen LogP contribution in [0.5, 0.6) is 5.75 Å². The maximum absolute atomic E-state index is 13.4. The molecule has 2 aromatic rings. The second kappa shape index (κ2) is 8.51. The van der Waals surface area contributed by atoms with Crippen molar-refractivity contribution in [2.24, 2.45) is 0 Å². The van der Waals surface area contributed by atoms with Crippen LogP contribution in [0, 0.1) is 0 Å². The fourth-order valence-electron chi connectivity index (χ4n) is 4.50. The van der Waals surface area contributed by atoms with Crippen LogP contribution in [0.3, 0.4) is 0 Å². The van der Waals surface area contributed by atoms with Gasteiger partial charge in [-0.25, -0.2) is 13.1 Å². The molecule has 0 radical (unpaired) electrons. The molecule has 0 N–H and O–H groups in total. The average molecular weight is 432 g/mol. The Labute approximate surface area is 177 Å². The van der Waals surface area contributed by atoms with Crippen LogP contribution in [-0.4, -0.2) is 42.7 Å². The number of sulfonamides is 1. The van der Waals surface area contributed by atoms with E-state index >= 15 is 0 Å². The van der Waals surface area contributed by atoms with E-state index in [9.17, 15) is 13.2 Å². The van der Waals surface area contributed by atoms with Crippen LogP contribution < -0.4 is 10.3 Å². The van der Waals surface area contributed by atoms with E-state index in [4.69, 9.17) is 4.74 Å². The van der Waals surface area contributed by atoms with E-state index in [0.29, 0.717) is 36.6 Å². The highest BCUT2D eigenvalue weighted by Crippen LogP contribution is 2.35. The summed E-state index contributed by atoms with van der Waals surface area (Å²) in [6, 6.07) is 5.21. The zero-order valence-electron chi connectivity index (χ0n) is 17.7. The van der Waals surface area contributed by atoms with E-state index in [1.54, 1.807) is 16.4 Å². The summed E-state index contributed by atoms with van der Waals surface area (Å²) in [5, 5.41) is 4.62. The molecule has 1 aromatic heterocycles. The topological polar surface area (TPSA) is 81.5 Å². The summed E-state index contributed by atoms with van der Waals surface area (Å²) in [5.74, 6) is 0.335. The number of nitrogens with zero attached hydrogens (tertiary/aromatic N) is 3. The fraction of sp³-hybridized carbons (Fsp3) is 0.545. The first-order chi connectivity index (χ1) is 14.5. The van der Waals surface area contributed by atoms with Gasteiger partial charge in [-0.1, -0.05) is 6.42 Å². The zero-order chi connectivity index (χ0) is 21.3. The molecule has 4 rings (SSSR count). The first kappa shape index (κ1) is 21.1. The number of rotatable bonds is 5. The van der Waals surface area contributed by atoms with Gasteiger partial charge in [-0.05, 0) is 69.2 Å². The number of aromatic nitrogens is 2. The van der Waals surface area contributed by atoms with E-state index < -0.39 is 10.0 Å². The number of hydrogen-bond donors (Lipinski definition) is 0. The van der Waals surface area contributed by atoms with Gasteiger partial charge in [0.25, 0.3) is 5.56 Å². The Morgan fingerprint density at radius 3 is 2.40 bits per heavy atom. The van der Waals surface area contributed by atoms with E-state index in [1.807, 2.05) is 13.0 Å². The highest BCUT2D eigenvalue weighted by Gasteiger charge is 2.30. The third-order valence-electron chi connectivity index (χ3n) is 6.14. The summed E-state index contributed by atoms with van der Waals surface area (Å²) < 4.78 is 35.2. The summed E-state index contributed by atoms with van der Waals surface area (Å²) in [6.45, 7) is 3.44. The molecular formula is C22H29N3O4S. The number of methoxy groups -OCH3 is 1. The van der Waals surface area contributed by atoms with Crippen molar-refractivity contribution in [2.75, 3.05) is 20.2 Å². The third-order valence-corrected chi connectivity index (χ3v) is 8.06. The summed E-state index contributed by atoms with van der Waals surface area (Å²) in [6.07, 6.45) is 6.34. The Bertz CT molecular complexity index is 1100. The van der Waals surface area contributed by atoms with Gasteiger partial charge in [0.05, 0.1) is 12.8 Å². The average Bonchev–Trinajstić information content (AvgIpc) is 2.79. The van der Waals surface area contributed by atoms with Crippen molar-refractivity contribution in [2.45, 2.75) is 63.3 Å². The largest absolute Gasteiger partial charge is 0.495 e. The summed E-state index contributed by atoms with van der Waals surface area (Å²) in [4.78, 5) is 12.9. The molecule has 1 aliphatic carbocycles. The second-order valence-corrected chi connectivity index (χ2v) is 9.87. The molecule has 1 saturated heterocycles. The van der Waals surface area contributed by atoms with Gasteiger partial charge in [-0.2, -0.15) is 9.40 Å². The second-order valence-electron chi connectivity index (χ2n) is 7.96. The minimum absolute atomic E-state index is 0.0226. The summed E-state index contributed by atoms with van der Waals surface area (Å²) >= 11 is 0. The smallest absolute Gasteiger partial charge is 0.270 e. The Morgan fingerprint density at radius 1 is 1.03 bits per heavy atom. The van der Waals surface area contributed by atoms with Crippen molar-refractivity contribution in [3.05, 3.63) is 39.7 Å². The minimum atomic E-state index is -3.67. The number of fused-ring (bicyclic) bond motifs is 1. The molecule has 0 bridgehead atoms. The van der Waals surface area contributed by atoms with Crippen LogP contribution in [0.25, 0.3) is 11.3 Å². The van der Waals surface area contributed by atoms with Crippen LogP contribution in [0.2, 0.25) is 0 Å². The van der Waals surface area contributed by atoms with Crippen LogP contribution in [0.15, 0.2) is 27.9 Å². The monoisotopic (exact) mass is 431 g/mol. The van der Waals surface area contributed by atoms with Crippen LogP contribution >= 0.6 is 0 Å². The molecule has 8 heteroatoms. The van der Waals surface area contributed by atoms with Crippen molar-refractivity contribution in [1.29, 1.82) is 0 Å². The Hall–Kier alpha value is -2.19. The highest BCUT2D eigenvalue weighted by molar-refractivity contribution is 7.89. The SMILES string of the molecule is CCn1nc(-c2ccc(OC)c(S(=O)(=O)N3CCCCC3)c2)c2c(c1=O)CCCC2. The van der Waals surface area contributed by atoms with Gasteiger partial charge in [0.2, 0.25) is 10.0 Å². The summed E-state index contributed by atoms with van der Waals surface area (Å²) in [5.41, 5.74) is 3.19. The van der Waals surface area contributed by atoms with E-state index in [1.165, 1.54) is 11.8 Å².